The summed E-state index contributed by atoms with van der Waals surface area (Å²) in [6, 6.07) is 4.70. The fraction of sp³-hybridized carbons (Fsp3) is 0.412. The summed E-state index contributed by atoms with van der Waals surface area (Å²) >= 11 is 0.896. The van der Waals surface area contributed by atoms with Gasteiger partial charge in [-0.1, -0.05) is 6.07 Å². The molecule has 29 heavy (non-hydrogen) atoms. The Labute approximate surface area is 167 Å². The average Bonchev–Trinajstić information content (AvgIpc) is 3.14. The van der Waals surface area contributed by atoms with E-state index in [4.69, 9.17) is 4.74 Å². The lowest BCUT2D eigenvalue weighted by Crippen LogP contribution is -2.37. The van der Waals surface area contributed by atoms with Gasteiger partial charge in [0, 0.05) is 19.0 Å². The average molecular weight is 438 g/mol. The highest BCUT2D eigenvalue weighted by molar-refractivity contribution is 7.09. The van der Waals surface area contributed by atoms with E-state index in [0.717, 1.165) is 22.3 Å². The molecule has 0 saturated carbocycles. The van der Waals surface area contributed by atoms with Crippen LogP contribution in [0.2, 0.25) is 0 Å². The van der Waals surface area contributed by atoms with Crippen molar-refractivity contribution in [3.63, 3.8) is 0 Å². The largest absolute Gasteiger partial charge is 0.493 e. The summed E-state index contributed by atoms with van der Waals surface area (Å²) in [5, 5.41) is 7.08. The van der Waals surface area contributed by atoms with E-state index in [9.17, 15) is 22.0 Å². The van der Waals surface area contributed by atoms with Crippen LogP contribution in [-0.2, 0) is 19.1 Å². The number of nitrogens with zero attached hydrogens (tertiary/aromatic N) is 2. The standard InChI is InChI=1S/C17H19F5N4O2S/c1-23-16(25-8-14-26-13(9-29-14)17(20,21)22)24-6-5-10-3-4-11(27-2)12(7-10)28-15(18)19/h3-4,7,9,15H,5-6,8H2,1-2H3,(H2,23,24,25). The maximum absolute atomic E-state index is 12.6. The van der Waals surface area contributed by atoms with Gasteiger partial charge >= 0.3 is 12.8 Å². The Hall–Kier alpha value is -2.63. The number of thiazole rings is 1. The molecule has 6 nitrogen and oxygen atoms in total. The molecule has 0 aliphatic rings. The van der Waals surface area contributed by atoms with Gasteiger partial charge in [-0.15, -0.1) is 11.3 Å². The van der Waals surface area contributed by atoms with Crippen LogP contribution in [0.15, 0.2) is 28.6 Å². The van der Waals surface area contributed by atoms with Crippen molar-refractivity contribution in [2.45, 2.75) is 25.8 Å². The van der Waals surface area contributed by atoms with Gasteiger partial charge in [-0.05, 0) is 24.1 Å². The topological polar surface area (TPSA) is 67.8 Å². The number of halogens is 5. The number of rotatable bonds is 8. The number of methoxy groups -OCH3 is 1. The van der Waals surface area contributed by atoms with Crippen molar-refractivity contribution in [2.75, 3.05) is 20.7 Å². The lowest BCUT2D eigenvalue weighted by Gasteiger charge is -2.13. The molecule has 2 N–H and O–H groups in total. The Kier molecular flexibility index (Phi) is 8.00. The van der Waals surface area contributed by atoms with Crippen LogP contribution in [0, 0.1) is 0 Å². The first kappa shape index (κ1) is 22.7. The number of ether oxygens (including phenoxy) is 2. The monoisotopic (exact) mass is 438 g/mol. The molecule has 0 bridgehead atoms. The van der Waals surface area contributed by atoms with Gasteiger partial charge in [-0.25, -0.2) is 4.98 Å². The van der Waals surface area contributed by atoms with Crippen molar-refractivity contribution < 1.29 is 31.4 Å². The van der Waals surface area contributed by atoms with Gasteiger partial charge in [0.05, 0.1) is 13.7 Å². The molecule has 1 heterocycles. The van der Waals surface area contributed by atoms with Crippen molar-refractivity contribution in [1.82, 2.24) is 15.6 Å². The van der Waals surface area contributed by atoms with Crippen molar-refractivity contribution in [2.24, 2.45) is 4.99 Å². The van der Waals surface area contributed by atoms with Gasteiger partial charge < -0.3 is 20.1 Å². The molecular weight excluding hydrogens is 419 g/mol. The van der Waals surface area contributed by atoms with E-state index >= 15 is 0 Å². The van der Waals surface area contributed by atoms with E-state index in [1.165, 1.54) is 26.3 Å². The lowest BCUT2D eigenvalue weighted by atomic mass is 10.1. The van der Waals surface area contributed by atoms with Gasteiger partial charge in [0.15, 0.2) is 23.2 Å². The molecule has 0 unspecified atom stereocenters. The third kappa shape index (κ3) is 7.04. The van der Waals surface area contributed by atoms with Crippen molar-refractivity contribution in [3.8, 4) is 11.5 Å². The van der Waals surface area contributed by atoms with Crippen LogP contribution in [0.4, 0.5) is 22.0 Å². The number of alkyl halides is 5. The van der Waals surface area contributed by atoms with E-state index in [-0.39, 0.29) is 23.1 Å². The summed E-state index contributed by atoms with van der Waals surface area (Å²) in [6.07, 6.45) is -4.01. The van der Waals surface area contributed by atoms with Crippen LogP contribution in [0.1, 0.15) is 16.3 Å². The quantitative estimate of drug-likeness (QED) is 0.374. The normalized spacial score (nSPS) is 12.2. The Bertz CT molecular complexity index is 826. The lowest BCUT2D eigenvalue weighted by molar-refractivity contribution is -0.140. The van der Waals surface area contributed by atoms with Crippen LogP contribution >= 0.6 is 11.3 Å². The summed E-state index contributed by atoms with van der Waals surface area (Å²) in [4.78, 5) is 7.51. The van der Waals surface area contributed by atoms with Crippen LogP contribution in [0.5, 0.6) is 11.5 Å². The molecule has 160 valence electrons. The van der Waals surface area contributed by atoms with Crippen molar-refractivity contribution >= 4 is 17.3 Å². The number of hydrogen-bond donors (Lipinski definition) is 2. The second kappa shape index (κ2) is 10.2. The third-order valence-electron chi connectivity index (χ3n) is 3.62. The molecule has 12 heteroatoms. The van der Waals surface area contributed by atoms with Crippen molar-refractivity contribution in [3.05, 3.63) is 39.8 Å². The number of nitrogens with one attached hydrogen (secondary N) is 2. The van der Waals surface area contributed by atoms with Gasteiger partial charge in [-0.2, -0.15) is 22.0 Å². The van der Waals surface area contributed by atoms with Gasteiger partial charge in [0.25, 0.3) is 0 Å². The number of hydrogen-bond acceptors (Lipinski definition) is 5. The molecule has 2 rings (SSSR count). The van der Waals surface area contributed by atoms with Crippen LogP contribution < -0.4 is 20.1 Å². The zero-order valence-electron chi connectivity index (χ0n) is 15.5. The van der Waals surface area contributed by atoms with E-state index in [1.807, 2.05) is 0 Å². The van der Waals surface area contributed by atoms with Gasteiger partial charge in [0.1, 0.15) is 5.01 Å². The maximum Gasteiger partial charge on any atom is 0.434 e. The first-order valence-corrected chi connectivity index (χ1v) is 9.18. The van der Waals surface area contributed by atoms with E-state index in [2.05, 4.69) is 25.3 Å². The molecule has 0 amide bonds. The highest BCUT2D eigenvalue weighted by atomic mass is 32.1. The molecule has 0 spiro atoms. The van der Waals surface area contributed by atoms with Gasteiger partial charge in [-0.3, -0.25) is 4.99 Å². The summed E-state index contributed by atoms with van der Waals surface area (Å²) in [7, 11) is 2.87. The first-order chi connectivity index (χ1) is 13.7. The fourth-order valence-corrected chi connectivity index (χ4v) is 3.03. The van der Waals surface area contributed by atoms with Crippen molar-refractivity contribution in [1.29, 1.82) is 0 Å². The third-order valence-corrected chi connectivity index (χ3v) is 4.47. The summed E-state index contributed by atoms with van der Waals surface area (Å²) < 4.78 is 72.1. The second-order valence-electron chi connectivity index (χ2n) is 5.59. The highest BCUT2D eigenvalue weighted by Crippen LogP contribution is 2.30. The Balaban J connectivity index is 1.86. The fourth-order valence-electron chi connectivity index (χ4n) is 2.29. The minimum absolute atomic E-state index is 0.0632. The molecule has 1 aromatic carbocycles. The first-order valence-electron chi connectivity index (χ1n) is 8.30. The number of guanidine groups is 1. The van der Waals surface area contributed by atoms with Gasteiger partial charge in [0.2, 0.25) is 0 Å². The number of aliphatic imine (C=N–C) groups is 1. The molecule has 0 radical (unpaired) electrons. The number of aromatic nitrogens is 1. The summed E-state index contributed by atoms with van der Waals surface area (Å²) in [5.41, 5.74) is -0.206. The van der Waals surface area contributed by atoms with Crippen LogP contribution in [0.25, 0.3) is 0 Å². The zero-order chi connectivity index (χ0) is 21.4. The molecule has 0 fully saturated rings. The molecular formula is C17H19F5N4O2S. The Morgan fingerprint density at radius 1 is 1.24 bits per heavy atom. The zero-order valence-corrected chi connectivity index (χ0v) is 16.3. The van der Waals surface area contributed by atoms with Crippen LogP contribution in [-0.4, -0.2) is 38.3 Å². The summed E-state index contributed by atoms with van der Waals surface area (Å²) in [5.74, 6) is 0.499. The SMILES string of the molecule is CN=C(NCCc1ccc(OC)c(OC(F)F)c1)NCc1nc(C(F)(F)F)cs1. The predicted molar refractivity (Wildman–Crippen MR) is 98.6 cm³/mol. The minimum Gasteiger partial charge on any atom is -0.493 e. The van der Waals surface area contributed by atoms with E-state index < -0.39 is 18.5 Å². The minimum atomic E-state index is -4.47. The summed E-state index contributed by atoms with van der Waals surface area (Å²) in [6.45, 7) is -2.50. The van der Waals surface area contributed by atoms with E-state index in [0.29, 0.717) is 18.9 Å². The molecule has 0 aliphatic carbocycles. The van der Waals surface area contributed by atoms with E-state index in [1.54, 1.807) is 6.07 Å². The molecule has 2 aromatic rings. The molecule has 0 aliphatic heterocycles. The molecule has 0 saturated heterocycles. The molecule has 1 aromatic heterocycles. The molecule has 0 atom stereocenters. The number of benzene rings is 1. The highest BCUT2D eigenvalue weighted by Gasteiger charge is 2.33. The van der Waals surface area contributed by atoms with Crippen LogP contribution in [0.3, 0.4) is 0 Å². The predicted octanol–water partition coefficient (Wildman–Crippen LogP) is 3.68. The second-order valence-corrected chi connectivity index (χ2v) is 6.53. The smallest absolute Gasteiger partial charge is 0.434 e. The Morgan fingerprint density at radius 2 is 2.00 bits per heavy atom. The maximum atomic E-state index is 12.6. The Morgan fingerprint density at radius 3 is 2.59 bits per heavy atom.